The van der Waals surface area contributed by atoms with Crippen molar-refractivity contribution in [1.29, 1.82) is 5.26 Å². The summed E-state index contributed by atoms with van der Waals surface area (Å²) in [6.45, 7) is 1.67. The summed E-state index contributed by atoms with van der Waals surface area (Å²) < 4.78 is 0. The molecule has 0 spiro atoms. The van der Waals surface area contributed by atoms with E-state index < -0.39 is 0 Å². The molecule has 3 heterocycles. The molecular weight excluding hydrogens is 447 g/mol. The fraction of sp³-hybridized carbons (Fsp3) is 0.136. The predicted octanol–water partition coefficient (Wildman–Crippen LogP) is 4.31. The number of imidazole rings is 1. The summed E-state index contributed by atoms with van der Waals surface area (Å²) in [5.74, 6) is 1.82. The van der Waals surface area contributed by atoms with Gasteiger partial charge >= 0.3 is 0 Å². The normalized spacial score (nSPS) is 10.7. The second kappa shape index (κ2) is 10.2. The second-order valence-electron chi connectivity index (χ2n) is 6.73. The van der Waals surface area contributed by atoms with Crippen molar-refractivity contribution < 1.29 is 0 Å². The molecule has 0 unspecified atom stereocenters. The highest BCUT2D eigenvalue weighted by Crippen LogP contribution is 2.34. The zero-order valence-corrected chi connectivity index (χ0v) is 18.3. The third-order valence-corrected chi connectivity index (χ3v) is 5.13. The van der Waals surface area contributed by atoms with Crippen molar-refractivity contribution in [2.24, 2.45) is 0 Å². The van der Waals surface area contributed by atoms with Gasteiger partial charge in [0.2, 0.25) is 0 Å². The monoisotopic (exact) mass is 464 g/mol. The Labute approximate surface area is 194 Å². The fourth-order valence-corrected chi connectivity index (χ4v) is 3.58. The van der Waals surface area contributed by atoms with Gasteiger partial charge in [0, 0.05) is 48.5 Å². The van der Waals surface area contributed by atoms with Crippen molar-refractivity contribution in [3.05, 3.63) is 76.6 Å². The number of aromatic amines is 1. The summed E-state index contributed by atoms with van der Waals surface area (Å²) in [7, 11) is 0. The van der Waals surface area contributed by atoms with Crippen molar-refractivity contribution >= 4 is 29.0 Å². The van der Waals surface area contributed by atoms with Crippen LogP contribution >= 0.6 is 23.2 Å². The Morgan fingerprint density at radius 2 is 1.94 bits per heavy atom. The van der Waals surface area contributed by atoms with Gasteiger partial charge in [-0.15, -0.1) is 0 Å². The van der Waals surface area contributed by atoms with E-state index >= 15 is 0 Å². The van der Waals surface area contributed by atoms with E-state index in [4.69, 9.17) is 33.4 Å². The third kappa shape index (κ3) is 5.03. The van der Waals surface area contributed by atoms with Gasteiger partial charge in [-0.25, -0.2) is 19.9 Å². The smallest absolute Gasteiger partial charge is 0.143 e. The zero-order chi connectivity index (χ0) is 22.3. The van der Waals surface area contributed by atoms with Gasteiger partial charge < -0.3 is 15.6 Å². The Hall–Kier alpha value is -3.51. The highest BCUT2D eigenvalue weighted by Gasteiger charge is 2.16. The molecule has 1 aromatic carbocycles. The molecule has 8 nitrogen and oxygen atoms in total. The molecule has 4 rings (SSSR count). The summed E-state index contributed by atoms with van der Waals surface area (Å²) in [6.07, 6.45) is 6.79. The van der Waals surface area contributed by atoms with Crippen molar-refractivity contribution in [3.8, 4) is 28.7 Å². The maximum Gasteiger partial charge on any atom is 0.143 e. The van der Waals surface area contributed by atoms with Crippen molar-refractivity contribution in [2.45, 2.75) is 6.54 Å². The fourth-order valence-electron chi connectivity index (χ4n) is 3.08. The Morgan fingerprint density at radius 1 is 1.03 bits per heavy atom. The molecule has 0 amide bonds. The summed E-state index contributed by atoms with van der Waals surface area (Å²) in [4.78, 5) is 20.8. The first kappa shape index (κ1) is 21.7. The van der Waals surface area contributed by atoms with Gasteiger partial charge in [0.25, 0.3) is 0 Å². The number of rotatable bonds is 8. The minimum Gasteiger partial charge on any atom is -0.368 e. The predicted molar refractivity (Wildman–Crippen MR) is 124 cm³/mol. The molecule has 3 N–H and O–H groups in total. The maximum atomic E-state index is 9.13. The van der Waals surface area contributed by atoms with Crippen LogP contribution in [0.3, 0.4) is 0 Å². The van der Waals surface area contributed by atoms with Crippen molar-refractivity contribution in [1.82, 2.24) is 30.2 Å². The lowest BCUT2D eigenvalue weighted by Crippen LogP contribution is -2.23. The van der Waals surface area contributed by atoms with E-state index in [0.717, 1.165) is 11.1 Å². The van der Waals surface area contributed by atoms with Crippen LogP contribution in [0.25, 0.3) is 22.6 Å². The number of nitriles is 1. The lowest BCUT2D eigenvalue weighted by atomic mass is 10.1. The second-order valence-corrected chi connectivity index (χ2v) is 7.57. The Morgan fingerprint density at radius 3 is 2.72 bits per heavy atom. The average Bonchev–Trinajstić information content (AvgIpc) is 3.34. The van der Waals surface area contributed by atoms with Gasteiger partial charge in [0.15, 0.2) is 0 Å². The number of hydrogen-bond donors (Lipinski definition) is 3. The van der Waals surface area contributed by atoms with Gasteiger partial charge in [-0.2, -0.15) is 5.26 Å². The topological polar surface area (TPSA) is 115 Å². The zero-order valence-electron chi connectivity index (χ0n) is 16.8. The minimum absolute atomic E-state index is 0.450. The molecular formula is C22H18Cl2N8. The molecule has 160 valence electrons. The molecule has 0 saturated heterocycles. The van der Waals surface area contributed by atoms with Crippen LogP contribution in [0.2, 0.25) is 10.0 Å². The summed E-state index contributed by atoms with van der Waals surface area (Å²) in [6, 6.07) is 10.9. The Bertz CT molecular complexity index is 1250. The third-order valence-electron chi connectivity index (χ3n) is 4.58. The molecule has 0 aliphatic rings. The van der Waals surface area contributed by atoms with Gasteiger partial charge in [-0.3, -0.25) is 0 Å². The summed E-state index contributed by atoms with van der Waals surface area (Å²) in [5.41, 5.74) is 2.66. The van der Waals surface area contributed by atoms with Crippen LogP contribution < -0.4 is 10.6 Å². The number of benzene rings is 1. The molecule has 10 heteroatoms. The highest BCUT2D eigenvalue weighted by atomic mass is 35.5. The number of H-pyrrole nitrogens is 1. The first-order chi connectivity index (χ1) is 15.7. The molecule has 0 fully saturated rings. The molecule has 0 saturated carbocycles. The largest absolute Gasteiger partial charge is 0.368 e. The van der Waals surface area contributed by atoms with Gasteiger partial charge in [-0.1, -0.05) is 23.2 Å². The molecule has 0 aliphatic carbocycles. The number of nitrogens with zero attached hydrogens (tertiary/aromatic N) is 5. The number of anilines is 1. The quantitative estimate of drug-likeness (QED) is 0.332. The van der Waals surface area contributed by atoms with Gasteiger partial charge in [-0.05, 0) is 30.3 Å². The Balaban J connectivity index is 1.47. The first-order valence-corrected chi connectivity index (χ1v) is 10.5. The molecule has 3 aromatic heterocycles. The lowest BCUT2D eigenvalue weighted by molar-refractivity contribution is 0.675. The van der Waals surface area contributed by atoms with Crippen LogP contribution in [0.1, 0.15) is 11.4 Å². The van der Waals surface area contributed by atoms with E-state index in [9.17, 15) is 0 Å². The van der Waals surface area contributed by atoms with E-state index in [1.165, 1.54) is 0 Å². The molecule has 0 bridgehead atoms. The van der Waals surface area contributed by atoms with Crippen LogP contribution in [0, 0.1) is 11.3 Å². The first-order valence-electron chi connectivity index (χ1n) is 9.76. The van der Waals surface area contributed by atoms with E-state index in [-0.39, 0.29) is 0 Å². The molecule has 0 aliphatic heterocycles. The lowest BCUT2D eigenvalue weighted by Gasteiger charge is -2.12. The van der Waals surface area contributed by atoms with E-state index in [0.29, 0.717) is 58.4 Å². The average molecular weight is 465 g/mol. The van der Waals surface area contributed by atoms with Crippen molar-refractivity contribution in [2.75, 3.05) is 18.4 Å². The number of aromatic nitrogens is 5. The number of hydrogen-bond acceptors (Lipinski definition) is 7. The number of pyridine rings is 1. The standard InChI is InChI=1S/C22H18Cl2N8/c23-15-3-4-16(18(24)10-15)20-17(22-29-8-9-30-22)12-31-19(32-20)13-26-6-7-28-21-14(11-25)2-1-5-27-21/h1-5,8-10,12,26H,6-7,13H2,(H,27,28)(H,29,30). The van der Waals surface area contributed by atoms with Crippen LogP contribution in [-0.2, 0) is 6.54 Å². The van der Waals surface area contributed by atoms with Crippen LogP contribution in [-0.4, -0.2) is 38.0 Å². The maximum absolute atomic E-state index is 9.13. The van der Waals surface area contributed by atoms with E-state index in [1.807, 2.05) is 6.07 Å². The Kier molecular flexibility index (Phi) is 6.92. The molecule has 0 radical (unpaired) electrons. The van der Waals surface area contributed by atoms with Gasteiger partial charge in [0.05, 0.1) is 28.4 Å². The van der Waals surface area contributed by atoms with Crippen LogP contribution in [0.15, 0.2) is 55.1 Å². The molecule has 4 aromatic rings. The molecule has 0 atom stereocenters. The SMILES string of the molecule is N#Cc1cccnc1NCCNCc1ncc(-c2ncc[nH]2)c(-c2ccc(Cl)cc2Cl)n1. The van der Waals surface area contributed by atoms with E-state index in [1.54, 1.807) is 49.1 Å². The number of halogens is 2. The minimum atomic E-state index is 0.450. The highest BCUT2D eigenvalue weighted by molar-refractivity contribution is 6.36. The van der Waals surface area contributed by atoms with Crippen LogP contribution in [0.4, 0.5) is 5.82 Å². The summed E-state index contributed by atoms with van der Waals surface area (Å²) in [5, 5.41) is 16.6. The van der Waals surface area contributed by atoms with Crippen LogP contribution in [0.5, 0.6) is 0 Å². The van der Waals surface area contributed by atoms with Gasteiger partial charge in [0.1, 0.15) is 23.5 Å². The number of nitrogens with one attached hydrogen (secondary N) is 3. The van der Waals surface area contributed by atoms with Crippen molar-refractivity contribution in [3.63, 3.8) is 0 Å². The van der Waals surface area contributed by atoms with E-state index in [2.05, 4.69) is 36.6 Å². The summed E-state index contributed by atoms with van der Waals surface area (Å²) >= 11 is 12.5. The molecule has 32 heavy (non-hydrogen) atoms.